The van der Waals surface area contributed by atoms with Gasteiger partial charge in [0.1, 0.15) is 0 Å². The van der Waals surface area contributed by atoms with Gasteiger partial charge in [-0.2, -0.15) is 5.10 Å². The van der Waals surface area contributed by atoms with Gasteiger partial charge in [-0.3, -0.25) is 9.98 Å². The Kier molecular flexibility index (Phi) is 3.18. The van der Waals surface area contributed by atoms with Crippen LogP contribution in [0, 0.1) is 0 Å². The fourth-order valence-electron chi connectivity index (χ4n) is 1.45. The SMILES string of the molecule is CN=C(C)N(C)c1cnn(-c2cccnc2)c1. The lowest BCUT2D eigenvalue weighted by atomic mass is 10.4. The first-order valence-corrected chi connectivity index (χ1v) is 5.34. The van der Waals surface area contributed by atoms with Gasteiger partial charge < -0.3 is 4.90 Å². The molecule has 0 unspecified atom stereocenters. The normalized spacial score (nSPS) is 11.6. The zero-order valence-electron chi connectivity index (χ0n) is 10.2. The van der Waals surface area contributed by atoms with Crippen molar-refractivity contribution < 1.29 is 0 Å². The van der Waals surface area contributed by atoms with E-state index in [1.54, 1.807) is 24.1 Å². The smallest absolute Gasteiger partial charge is 0.0996 e. The molecule has 17 heavy (non-hydrogen) atoms. The van der Waals surface area contributed by atoms with Crippen LogP contribution in [0.5, 0.6) is 0 Å². The average Bonchev–Trinajstić information content (AvgIpc) is 2.87. The quantitative estimate of drug-likeness (QED) is 0.582. The molecule has 2 aromatic rings. The number of hydrogen-bond acceptors (Lipinski definition) is 3. The molecule has 0 saturated heterocycles. The lowest BCUT2D eigenvalue weighted by Crippen LogP contribution is -2.22. The van der Waals surface area contributed by atoms with Crippen molar-refractivity contribution >= 4 is 11.5 Å². The number of aromatic nitrogens is 3. The molecule has 0 amide bonds. The molecule has 0 radical (unpaired) electrons. The lowest BCUT2D eigenvalue weighted by molar-refractivity contribution is 0.874. The highest BCUT2D eigenvalue weighted by Crippen LogP contribution is 2.14. The van der Waals surface area contributed by atoms with Gasteiger partial charge in [0.15, 0.2) is 0 Å². The number of hydrogen-bond donors (Lipinski definition) is 0. The monoisotopic (exact) mass is 229 g/mol. The van der Waals surface area contributed by atoms with Crippen LogP contribution in [-0.2, 0) is 0 Å². The molecule has 2 aromatic heterocycles. The Morgan fingerprint density at radius 1 is 1.41 bits per heavy atom. The summed E-state index contributed by atoms with van der Waals surface area (Å²) < 4.78 is 1.79. The van der Waals surface area contributed by atoms with Gasteiger partial charge in [0.2, 0.25) is 0 Å². The van der Waals surface area contributed by atoms with Gasteiger partial charge in [-0.25, -0.2) is 4.68 Å². The maximum absolute atomic E-state index is 4.30. The maximum atomic E-state index is 4.30. The molecule has 5 nitrogen and oxygen atoms in total. The third-order valence-electron chi connectivity index (χ3n) is 2.68. The molecule has 0 aliphatic heterocycles. The van der Waals surface area contributed by atoms with Gasteiger partial charge in [-0.1, -0.05) is 0 Å². The maximum Gasteiger partial charge on any atom is 0.0996 e. The van der Waals surface area contributed by atoms with Crippen molar-refractivity contribution in [1.29, 1.82) is 0 Å². The molecule has 0 spiro atoms. The fraction of sp³-hybridized carbons (Fsp3) is 0.250. The molecule has 0 aliphatic rings. The number of amidine groups is 1. The van der Waals surface area contributed by atoms with Crippen molar-refractivity contribution in [2.75, 3.05) is 19.0 Å². The van der Waals surface area contributed by atoms with Crippen molar-refractivity contribution in [3.8, 4) is 5.69 Å². The summed E-state index contributed by atoms with van der Waals surface area (Å²) in [7, 11) is 3.74. The first-order valence-electron chi connectivity index (χ1n) is 5.34. The fourth-order valence-corrected chi connectivity index (χ4v) is 1.45. The second-order valence-electron chi connectivity index (χ2n) is 3.68. The summed E-state index contributed by atoms with van der Waals surface area (Å²) in [5.74, 6) is 0.940. The zero-order valence-corrected chi connectivity index (χ0v) is 10.2. The van der Waals surface area contributed by atoms with E-state index >= 15 is 0 Å². The van der Waals surface area contributed by atoms with E-state index in [0.29, 0.717) is 0 Å². The van der Waals surface area contributed by atoms with Gasteiger partial charge in [0, 0.05) is 20.3 Å². The van der Waals surface area contributed by atoms with Crippen molar-refractivity contribution in [2.24, 2.45) is 4.99 Å². The third kappa shape index (κ3) is 2.33. The van der Waals surface area contributed by atoms with Crippen LogP contribution in [0.25, 0.3) is 5.69 Å². The van der Waals surface area contributed by atoms with Gasteiger partial charge in [0.05, 0.1) is 35.8 Å². The van der Waals surface area contributed by atoms with E-state index < -0.39 is 0 Å². The molecular weight excluding hydrogens is 214 g/mol. The largest absolute Gasteiger partial charge is 0.331 e. The highest BCUT2D eigenvalue weighted by atomic mass is 15.3. The summed E-state index contributed by atoms with van der Waals surface area (Å²) in [4.78, 5) is 10.2. The van der Waals surface area contributed by atoms with Gasteiger partial charge in [-0.15, -0.1) is 0 Å². The van der Waals surface area contributed by atoms with Gasteiger partial charge >= 0.3 is 0 Å². The molecule has 2 heterocycles. The van der Waals surface area contributed by atoms with E-state index in [-0.39, 0.29) is 0 Å². The topological polar surface area (TPSA) is 46.3 Å². The van der Waals surface area contributed by atoms with Gasteiger partial charge in [0.25, 0.3) is 0 Å². The second-order valence-corrected chi connectivity index (χ2v) is 3.68. The summed E-state index contributed by atoms with van der Waals surface area (Å²) in [5, 5.41) is 4.30. The number of pyridine rings is 1. The molecule has 5 heteroatoms. The Hall–Kier alpha value is -2.17. The van der Waals surface area contributed by atoms with E-state index in [1.807, 2.05) is 43.4 Å². The Morgan fingerprint density at radius 2 is 2.24 bits per heavy atom. The number of aliphatic imine (C=N–C) groups is 1. The van der Waals surface area contributed by atoms with Crippen LogP contribution < -0.4 is 4.90 Å². The number of nitrogens with zero attached hydrogens (tertiary/aromatic N) is 5. The van der Waals surface area contributed by atoms with Crippen LogP contribution in [-0.4, -0.2) is 34.7 Å². The highest BCUT2D eigenvalue weighted by molar-refractivity contribution is 5.95. The standard InChI is InChI=1S/C12H15N5/c1-10(13-2)16(3)12-8-15-17(9-12)11-5-4-6-14-7-11/h4-9H,1-3H3. The molecule has 0 atom stereocenters. The van der Waals surface area contributed by atoms with E-state index in [4.69, 9.17) is 0 Å². The molecular formula is C12H15N5. The summed E-state index contributed by atoms with van der Waals surface area (Å²) in [5.41, 5.74) is 1.94. The van der Waals surface area contributed by atoms with Crippen molar-refractivity contribution in [3.05, 3.63) is 36.9 Å². The minimum Gasteiger partial charge on any atom is -0.331 e. The van der Waals surface area contributed by atoms with E-state index in [1.165, 1.54) is 0 Å². The van der Waals surface area contributed by atoms with Crippen LogP contribution in [0.15, 0.2) is 41.9 Å². The minimum atomic E-state index is 0.940. The minimum absolute atomic E-state index is 0.940. The van der Waals surface area contributed by atoms with E-state index in [0.717, 1.165) is 17.2 Å². The van der Waals surface area contributed by atoms with Crippen LogP contribution >= 0.6 is 0 Å². The Labute approximate surface area is 100 Å². The molecule has 2 rings (SSSR count). The Morgan fingerprint density at radius 3 is 2.88 bits per heavy atom. The summed E-state index contributed by atoms with van der Waals surface area (Å²) in [6, 6.07) is 3.85. The molecule has 0 bridgehead atoms. The van der Waals surface area contributed by atoms with Crippen molar-refractivity contribution in [2.45, 2.75) is 6.92 Å². The van der Waals surface area contributed by atoms with Crippen LogP contribution in [0.4, 0.5) is 5.69 Å². The summed E-state index contributed by atoms with van der Waals surface area (Å²) >= 11 is 0. The van der Waals surface area contributed by atoms with Crippen molar-refractivity contribution in [3.63, 3.8) is 0 Å². The van der Waals surface area contributed by atoms with E-state index in [9.17, 15) is 0 Å². The molecule has 0 aromatic carbocycles. The van der Waals surface area contributed by atoms with Crippen LogP contribution in [0.3, 0.4) is 0 Å². The highest BCUT2D eigenvalue weighted by Gasteiger charge is 2.07. The number of rotatable bonds is 2. The summed E-state index contributed by atoms with van der Waals surface area (Å²) in [6.45, 7) is 1.96. The second kappa shape index (κ2) is 4.78. The van der Waals surface area contributed by atoms with Gasteiger partial charge in [-0.05, 0) is 19.1 Å². The van der Waals surface area contributed by atoms with Crippen LogP contribution in [0.1, 0.15) is 6.92 Å². The predicted octanol–water partition coefficient (Wildman–Crippen LogP) is 1.75. The third-order valence-corrected chi connectivity index (χ3v) is 2.68. The molecule has 0 saturated carbocycles. The Balaban J connectivity index is 2.28. The predicted molar refractivity (Wildman–Crippen MR) is 68.8 cm³/mol. The first kappa shape index (κ1) is 11.3. The average molecular weight is 229 g/mol. The molecule has 0 fully saturated rings. The molecule has 0 aliphatic carbocycles. The first-order chi connectivity index (χ1) is 8.22. The lowest BCUT2D eigenvalue weighted by Gasteiger charge is -2.15. The van der Waals surface area contributed by atoms with E-state index in [2.05, 4.69) is 15.1 Å². The molecule has 0 N–H and O–H groups in total. The Bertz CT molecular complexity index is 515. The van der Waals surface area contributed by atoms with Crippen LogP contribution in [0.2, 0.25) is 0 Å². The summed E-state index contributed by atoms with van der Waals surface area (Å²) in [6.07, 6.45) is 7.28. The van der Waals surface area contributed by atoms with Crippen molar-refractivity contribution in [1.82, 2.24) is 14.8 Å². The zero-order chi connectivity index (χ0) is 12.3. The molecule has 88 valence electrons. The number of anilines is 1.